The number of carbonyl (C=O) groups is 1. The smallest absolute Gasteiger partial charge is 0.251 e. The molecule has 6 heteroatoms. The van der Waals surface area contributed by atoms with Gasteiger partial charge in [-0.2, -0.15) is 0 Å². The Morgan fingerprint density at radius 2 is 1.95 bits per heavy atom. The average Bonchev–Trinajstić information content (AvgIpc) is 2.37. The van der Waals surface area contributed by atoms with Crippen LogP contribution in [0.3, 0.4) is 0 Å². The largest absolute Gasteiger partial charge is 0.345 e. The Morgan fingerprint density at radius 1 is 1.38 bits per heavy atom. The summed E-state index contributed by atoms with van der Waals surface area (Å²) in [5.41, 5.74) is 6.16. The second-order valence-electron chi connectivity index (χ2n) is 5.98. The van der Waals surface area contributed by atoms with Gasteiger partial charge in [0.15, 0.2) is 9.84 Å². The third-order valence-electron chi connectivity index (χ3n) is 3.95. The van der Waals surface area contributed by atoms with E-state index < -0.39 is 15.4 Å². The van der Waals surface area contributed by atoms with Crippen LogP contribution in [-0.2, 0) is 9.84 Å². The summed E-state index contributed by atoms with van der Waals surface area (Å²) >= 11 is 0. The molecule has 0 radical (unpaired) electrons. The minimum Gasteiger partial charge on any atom is -0.345 e. The van der Waals surface area contributed by atoms with E-state index in [-0.39, 0.29) is 16.7 Å². The average molecular weight is 312 g/mol. The van der Waals surface area contributed by atoms with Crippen LogP contribution in [0.2, 0.25) is 0 Å². The molecule has 1 amide bonds. The minimum atomic E-state index is -3.36. The summed E-state index contributed by atoms with van der Waals surface area (Å²) < 4.78 is 23.5. The first-order valence-corrected chi connectivity index (χ1v) is 8.73. The van der Waals surface area contributed by atoms with Gasteiger partial charge in [0.1, 0.15) is 0 Å². The highest BCUT2D eigenvalue weighted by atomic mass is 32.2. The van der Waals surface area contributed by atoms with E-state index in [1.807, 2.05) is 20.8 Å². The van der Waals surface area contributed by atoms with E-state index >= 15 is 0 Å². The van der Waals surface area contributed by atoms with Gasteiger partial charge in [0.05, 0.1) is 10.4 Å². The summed E-state index contributed by atoms with van der Waals surface area (Å²) in [5.74, 6) is -0.159. The molecule has 5 nitrogen and oxygen atoms in total. The van der Waals surface area contributed by atoms with E-state index in [0.29, 0.717) is 17.7 Å². The number of hydrogen-bond donors (Lipinski definition) is 2. The molecule has 0 aromatic heterocycles. The maximum absolute atomic E-state index is 12.4. The van der Waals surface area contributed by atoms with E-state index in [2.05, 4.69) is 5.32 Å². The zero-order valence-electron chi connectivity index (χ0n) is 13.2. The molecule has 0 aliphatic heterocycles. The van der Waals surface area contributed by atoms with Crippen LogP contribution < -0.4 is 11.1 Å². The lowest BCUT2D eigenvalue weighted by molar-refractivity contribution is 0.0883. The predicted octanol–water partition coefficient (Wildman–Crippen LogP) is 1.50. The molecule has 21 heavy (non-hydrogen) atoms. The van der Waals surface area contributed by atoms with Gasteiger partial charge in [0, 0.05) is 18.4 Å². The molecule has 0 saturated heterocycles. The number of amides is 1. The lowest BCUT2D eigenvalue weighted by Gasteiger charge is -2.33. The van der Waals surface area contributed by atoms with Crippen molar-refractivity contribution < 1.29 is 13.2 Å². The highest BCUT2D eigenvalue weighted by Gasteiger charge is 2.29. The summed E-state index contributed by atoms with van der Waals surface area (Å²) in [5, 5.41) is 2.90. The molecule has 0 bridgehead atoms. The molecule has 0 aliphatic rings. The van der Waals surface area contributed by atoms with Crippen molar-refractivity contribution in [1.82, 2.24) is 5.32 Å². The van der Waals surface area contributed by atoms with Crippen molar-refractivity contribution >= 4 is 15.7 Å². The van der Waals surface area contributed by atoms with Gasteiger partial charge < -0.3 is 11.1 Å². The quantitative estimate of drug-likeness (QED) is 0.862. The molecule has 1 atom stereocenters. The lowest BCUT2D eigenvalue weighted by Crippen LogP contribution is -2.55. The Kier molecular flexibility index (Phi) is 5.17. The van der Waals surface area contributed by atoms with Gasteiger partial charge in [0.2, 0.25) is 0 Å². The first-order valence-electron chi connectivity index (χ1n) is 6.84. The predicted molar refractivity (Wildman–Crippen MR) is 84.1 cm³/mol. The standard InChI is InChI=1S/C15H24N2O3S/c1-10(2)15(4,9-16)17-14(18)12-7-6-11(3)13(8-12)21(5,19)20/h6-8,10H,9,16H2,1-5H3,(H,17,18). The van der Waals surface area contributed by atoms with E-state index in [1.54, 1.807) is 19.1 Å². The van der Waals surface area contributed by atoms with Crippen LogP contribution in [0.15, 0.2) is 23.1 Å². The maximum Gasteiger partial charge on any atom is 0.251 e. The Bertz CT molecular complexity index is 638. The number of sulfone groups is 1. The highest BCUT2D eigenvalue weighted by Crippen LogP contribution is 2.19. The van der Waals surface area contributed by atoms with Gasteiger partial charge in [-0.3, -0.25) is 4.79 Å². The van der Waals surface area contributed by atoms with Crippen LogP contribution in [0, 0.1) is 12.8 Å². The van der Waals surface area contributed by atoms with Crippen molar-refractivity contribution in [3.05, 3.63) is 29.3 Å². The first kappa shape index (κ1) is 17.7. The number of nitrogens with one attached hydrogen (secondary N) is 1. The van der Waals surface area contributed by atoms with Crippen molar-refractivity contribution in [1.29, 1.82) is 0 Å². The van der Waals surface area contributed by atoms with Gasteiger partial charge in [0.25, 0.3) is 5.91 Å². The van der Waals surface area contributed by atoms with E-state index in [1.165, 1.54) is 6.07 Å². The molecule has 3 N–H and O–H groups in total. The number of aryl methyl sites for hydroxylation is 1. The maximum atomic E-state index is 12.4. The Morgan fingerprint density at radius 3 is 2.38 bits per heavy atom. The molecule has 118 valence electrons. The Labute approximate surface area is 126 Å². The van der Waals surface area contributed by atoms with Crippen LogP contribution in [0.4, 0.5) is 0 Å². The molecule has 0 fully saturated rings. The van der Waals surface area contributed by atoms with Crippen molar-refractivity contribution in [3.8, 4) is 0 Å². The summed E-state index contributed by atoms with van der Waals surface area (Å²) in [7, 11) is -3.36. The third-order valence-corrected chi connectivity index (χ3v) is 5.19. The molecule has 1 rings (SSSR count). The Hall–Kier alpha value is -1.40. The molecule has 0 saturated carbocycles. The third kappa shape index (κ3) is 4.04. The summed E-state index contributed by atoms with van der Waals surface area (Å²) in [6, 6.07) is 4.67. The fourth-order valence-corrected chi connectivity index (χ4v) is 2.90. The van der Waals surface area contributed by atoms with Crippen molar-refractivity contribution in [2.24, 2.45) is 11.7 Å². The highest BCUT2D eigenvalue weighted by molar-refractivity contribution is 7.90. The van der Waals surface area contributed by atoms with E-state index in [0.717, 1.165) is 6.26 Å². The van der Waals surface area contributed by atoms with Gasteiger partial charge in [-0.15, -0.1) is 0 Å². The molecule has 0 spiro atoms. The number of hydrogen-bond acceptors (Lipinski definition) is 4. The van der Waals surface area contributed by atoms with E-state index in [4.69, 9.17) is 5.73 Å². The monoisotopic (exact) mass is 312 g/mol. The van der Waals surface area contributed by atoms with Crippen molar-refractivity contribution in [2.75, 3.05) is 12.8 Å². The Balaban J connectivity index is 3.16. The first-order chi connectivity index (χ1) is 9.51. The topological polar surface area (TPSA) is 89.3 Å². The molecule has 1 aromatic carbocycles. The van der Waals surface area contributed by atoms with Gasteiger partial charge in [-0.25, -0.2) is 8.42 Å². The van der Waals surface area contributed by atoms with Crippen molar-refractivity contribution in [3.63, 3.8) is 0 Å². The van der Waals surface area contributed by atoms with Crippen LogP contribution >= 0.6 is 0 Å². The lowest BCUT2D eigenvalue weighted by atomic mass is 9.88. The number of rotatable bonds is 5. The SMILES string of the molecule is Cc1ccc(C(=O)NC(C)(CN)C(C)C)cc1S(C)(=O)=O. The fraction of sp³-hybridized carbons (Fsp3) is 0.533. The summed E-state index contributed by atoms with van der Waals surface area (Å²) in [6.07, 6.45) is 1.13. The van der Waals surface area contributed by atoms with Crippen molar-refractivity contribution in [2.45, 2.75) is 38.1 Å². The zero-order valence-corrected chi connectivity index (χ0v) is 14.0. The molecule has 1 unspecified atom stereocenters. The molecule has 1 aromatic rings. The second-order valence-corrected chi connectivity index (χ2v) is 7.97. The minimum absolute atomic E-state index is 0.159. The van der Waals surface area contributed by atoms with Gasteiger partial charge >= 0.3 is 0 Å². The van der Waals surface area contributed by atoms with Gasteiger partial charge in [-0.05, 0) is 37.5 Å². The van der Waals surface area contributed by atoms with Crippen LogP contribution in [-0.4, -0.2) is 32.7 Å². The molecular weight excluding hydrogens is 288 g/mol. The van der Waals surface area contributed by atoms with Crippen LogP contribution in [0.1, 0.15) is 36.7 Å². The molecule has 0 aliphatic carbocycles. The summed E-state index contributed by atoms with van der Waals surface area (Å²) in [4.78, 5) is 12.5. The van der Waals surface area contributed by atoms with Crippen LogP contribution in [0.5, 0.6) is 0 Å². The fourth-order valence-electron chi connectivity index (χ4n) is 1.90. The van der Waals surface area contributed by atoms with Crippen LogP contribution in [0.25, 0.3) is 0 Å². The number of nitrogens with two attached hydrogens (primary N) is 1. The molecular formula is C15H24N2O3S. The second kappa shape index (κ2) is 6.15. The normalized spacial score (nSPS) is 14.8. The van der Waals surface area contributed by atoms with E-state index in [9.17, 15) is 13.2 Å². The molecule has 0 heterocycles. The summed E-state index contributed by atoms with van der Waals surface area (Å²) in [6.45, 7) is 7.84. The number of carbonyl (C=O) groups excluding carboxylic acids is 1. The van der Waals surface area contributed by atoms with Gasteiger partial charge in [-0.1, -0.05) is 19.9 Å². The number of benzene rings is 1. The zero-order chi connectivity index (χ0) is 16.4.